The Morgan fingerprint density at radius 2 is 1.62 bits per heavy atom. The Morgan fingerprint density at radius 3 is 2.00 bits per heavy atom. The second kappa shape index (κ2) is 10.8. The average molecular weight is 367 g/mol. The molecule has 0 aliphatic rings. The van der Waals surface area contributed by atoms with Gasteiger partial charge in [-0.3, -0.25) is 9.69 Å². The number of carboxylic acid groups (broad SMARTS) is 1. The molecule has 6 nitrogen and oxygen atoms in total. The number of ether oxygens (including phenoxy) is 2. The third-order valence-corrected chi connectivity index (χ3v) is 3.31. The molecule has 0 spiro atoms. The van der Waals surface area contributed by atoms with E-state index < -0.39 is 23.8 Å². The maximum Gasteiger partial charge on any atom is 0.514 e. The number of benzene rings is 1. The molecule has 1 atom stereocenters. The molecule has 0 bridgehead atoms. The van der Waals surface area contributed by atoms with Crippen LogP contribution < -0.4 is 4.74 Å². The van der Waals surface area contributed by atoms with Crippen molar-refractivity contribution in [1.82, 2.24) is 4.90 Å². The first-order valence-corrected chi connectivity index (χ1v) is 8.92. The van der Waals surface area contributed by atoms with E-state index in [4.69, 9.17) is 9.47 Å². The minimum atomic E-state index is -0.836. The van der Waals surface area contributed by atoms with Crippen LogP contribution in [0.5, 0.6) is 5.75 Å². The molecule has 26 heavy (non-hydrogen) atoms. The van der Waals surface area contributed by atoms with Gasteiger partial charge >= 0.3 is 12.1 Å². The summed E-state index contributed by atoms with van der Waals surface area (Å²) in [6, 6.07) is 6.38. The van der Waals surface area contributed by atoms with Gasteiger partial charge in [0.2, 0.25) is 0 Å². The SMILES string of the molecule is CC.CC(C)C(C(=O)O)N(C)Cc1ccc(OC(=O)OC(C)(C)C)cc1. The second-order valence-corrected chi connectivity index (χ2v) is 7.15. The van der Waals surface area contributed by atoms with Crippen molar-refractivity contribution in [3.63, 3.8) is 0 Å². The first-order valence-electron chi connectivity index (χ1n) is 8.92. The standard InChI is InChI=1S/C18H27NO5.C2H6/c1-12(2)15(16(20)21)19(6)11-13-7-9-14(10-8-13)23-17(22)24-18(3,4)5;1-2/h7-10,12,15H,11H2,1-6H3,(H,20,21);1-2H3. The van der Waals surface area contributed by atoms with E-state index in [-0.39, 0.29) is 5.92 Å². The summed E-state index contributed by atoms with van der Waals surface area (Å²) in [5.41, 5.74) is 0.323. The molecule has 0 amide bonds. The summed E-state index contributed by atoms with van der Waals surface area (Å²) in [6.07, 6.45) is -0.752. The Balaban J connectivity index is 0.00000301. The molecular formula is C20H33NO5. The maximum atomic E-state index is 11.6. The predicted molar refractivity (Wildman–Crippen MR) is 102 cm³/mol. The zero-order chi connectivity index (χ0) is 20.5. The average Bonchev–Trinajstić information content (AvgIpc) is 2.48. The van der Waals surface area contributed by atoms with E-state index >= 15 is 0 Å². The van der Waals surface area contributed by atoms with Gasteiger partial charge in [0.15, 0.2) is 0 Å². The normalized spacial score (nSPS) is 12.2. The fraction of sp³-hybridized carbons (Fsp3) is 0.600. The van der Waals surface area contributed by atoms with Crippen LogP contribution in [-0.2, 0) is 16.1 Å². The highest BCUT2D eigenvalue weighted by atomic mass is 16.7. The van der Waals surface area contributed by atoms with Crippen LogP contribution in [0.15, 0.2) is 24.3 Å². The summed E-state index contributed by atoms with van der Waals surface area (Å²) < 4.78 is 10.2. The molecule has 0 fully saturated rings. The van der Waals surface area contributed by atoms with Gasteiger partial charge in [0.25, 0.3) is 0 Å². The number of nitrogens with zero attached hydrogens (tertiary/aromatic N) is 1. The van der Waals surface area contributed by atoms with Crippen molar-refractivity contribution in [2.24, 2.45) is 5.92 Å². The molecule has 1 unspecified atom stereocenters. The Kier molecular flexibility index (Phi) is 9.94. The largest absolute Gasteiger partial charge is 0.514 e. The maximum absolute atomic E-state index is 11.6. The highest BCUT2D eigenvalue weighted by Gasteiger charge is 2.26. The minimum Gasteiger partial charge on any atom is -0.480 e. The molecule has 0 aliphatic heterocycles. The summed E-state index contributed by atoms with van der Waals surface area (Å²) in [6.45, 7) is 13.5. The van der Waals surface area contributed by atoms with E-state index in [0.717, 1.165) is 5.56 Å². The molecule has 0 saturated carbocycles. The first-order chi connectivity index (χ1) is 12.0. The smallest absolute Gasteiger partial charge is 0.480 e. The van der Waals surface area contributed by atoms with Gasteiger partial charge in [-0.25, -0.2) is 4.79 Å². The van der Waals surface area contributed by atoms with E-state index in [1.54, 1.807) is 57.0 Å². The van der Waals surface area contributed by atoms with Crippen molar-refractivity contribution in [3.8, 4) is 5.75 Å². The highest BCUT2D eigenvalue weighted by molar-refractivity contribution is 5.73. The number of carboxylic acids is 1. The lowest BCUT2D eigenvalue weighted by Crippen LogP contribution is -2.41. The lowest BCUT2D eigenvalue weighted by Gasteiger charge is -2.27. The summed E-state index contributed by atoms with van der Waals surface area (Å²) in [4.78, 5) is 24.7. The van der Waals surface area contributed by atoms with Gasteiger partial charge in [-0.15, -0.1) is 0 Å². The molecule has 1 aromatic carbocycles. The van der Waals surface area contributed by atoms with Crippen molar-refractivity contribution in [2.45, 2.75) is 66.7 Å². The quantitative estimate of drug-likeness (QED) is 0.586. The summed E-state index contributed by atoms with van der Waals surface area (Å²) in [7, 11) is 1.78. The Hall–Kier alpha value is -2.08. The van der Waals surface area contributed by atoms with Crippen LogP contribution in [0.2, 0.25) is 0 Å². The van der Waals surface area contributed by atoms with Crippen LogP contribution in [0.3, 0.4) is 0 Å². The zero-order valence-corrected chi connectivity index (χ0v) is 17.2. The van der Waals surface area contributed by atoms with Gasteiger partial charge in [0.1, 0.15) is 17.4 Å². The van der Waals surface area contributed by atoms with Gasteiger partial charge in [-0.1, -0.05) is 39.8 Å². The third kappa shape index (κ3) is 8.85. The third-order valence-electron chi connectivity index (χ3n) is 3.31. The summed E-state index contributed by atoms with van der Waals surface area (Å²) >= 11 is 0. The van der Waals surface area contributed by atoms with Crippen LogP contribution in [0.25, 0.3) is 0 Å². The monoisotopic (exact) mass is 367 g/mol. The molecule has 1 rings (SSSR count). The number of carbonyl (C=O) groups is 2. The zero-order valence-electron chi connectivity index (χ0n) is 17.2. The molecule has 0 aliphatic carbocycles. The molecule has 0 aromatic heterocycles. The minimum absolute atomic E-state index is 0.00211. The summed E-state index contributed by atoms with van der Waals surface area (Å²) in [5.74, 6) is -0.450. The van der Waals surface area contributed by atoms with Crippen LogP contribution in [0.1, 0.15) is 54.0 Å². The lowest BCUT2D eigenvalue weighted by atomic mass is 10.0. The van der Waals surface area contributed by atoms with Crippen molar-refractivity contribution < 1.29 is 24.2 Å². The number of likely N-dealkylation sites (N-methyl/N-ethyl adjacent to an activating group) is 1. The van der Waals surface area contributed by atoms with Crippen molar-refractivity contribution >= 4 is 12.1 Å². The second-order valence-electron chi connectivity index (χ2n) is 7.15. The first kappa shape index (κ1) is 23.9. The van der Waals surface area contributed by atoms with E-state index in [0.29, 0.717) is 12.3 Å². The van der Waals surface area contributed by atoms with Crippen LogP contribution >= 0.6 is 0 Å². The molecule has 0 saturated heterocycles. The van der Waals surface area contributed by atoms with E-state index in [1.807, 2.05) is 27.7 Å². The molecule has 6 heteroatoms. The van der Waals surface area contributed by atoms with Gasteiger partial charge in [-0.2, -0.15) is 0 Å². The molecule has 0 heterocycles. The van der Waals surface area contributed by atoms with Gasteiger partial charge < -0.3 is 14.6 Å². The molecule has 148 valence electrons. The van der Waals surface area contributed by atoms with Crippen LogP contribution in [0, 0.1) is 5.92 Å². The van der Waals surface area contributed by atoms with Crippen LogP contribution in [0.4, 0.5) is 4.79 Å². The number of hydrogen-bond donors (Lipinski definition) is 1. The van der Waals surface area contributed by atoms with E-state index in [1.165, 1.54) is 0 Å². The molecule has 1 N–H and O–H groups in total. The van der Waals surface area contributed by atoms with Crippen LogP contribution in [-0.4, -0.2) is 40.8 Å². The van der Waals surface area contributed by atoms with E-state index in [9.17, 15) is 14.7 Å². The fourth-order valence-corrected chi connectivity index (χ4v) is 2.40. The number of hydrogen-bond acceptors (Lipinski definition) is 5. The fourth-order valence-electron chi connectivity index (χ4n) is 2.40. The Bertz CT molecular complexity index is 561. The van der Waals surface area contributed by atoms with Crippen molar-refractivity contribution in [1.29, 1.82) is 0 Å². The highest BCUT2D eigenvalue weighted by Crippen LogP contribution is 2.18. The predicted octanol–water partition coefficient (Wildman–Crippen LogP) is 4.57. The number of aliphatic carboxylic acids is 1. The Morgan fingerprint density at radius 1 is 1.12 bits per heavy atom. The number of rotatable bonds is 6. The Labute approximate surface area is 157 Å². The van der Waals surface area contributed by atoms with Crippen molar-refractivity contribution in [2.75, 3.05) is 7.05 Å². The van der Waals surface area contributed by atoms with Gasteiger partial charge in [-0.05, 0) is 51.4 Å². The van der Waals surface area contributed by atoms with Gasteiger partial charge in [0.05, 0.1) is 0 Å². The topological polar surface area (TPSA) is 76.1 Å². The molecule has 0 radical (unpaired) electrons. The molecular weight excluding hydrogens is 334 g/mol. The van der Waals surface area contributed by atoms with Gasteiger partial charge in [0, 0.05) is 6.54 Å². The lowest BCUT2D eigenvalue weighted by molar-refractivity contribution is -0.144. The van der Waals surface area contributed by atoms with E-state index in [2.05, 4.69) is 0 Å². The summed E-state index contributed by atoms with van der Waals surface area (Å²) in [5, 5.41) is 9.32. The molecule has 1 aromatic rings. The van der Waals surface area contributed by atoms with Crippen molar-refractivity contribution in [3.05, 3.63) is 29.8 Å². The number of carbonyl (C=O) groups excluding carboxylic acids is 1.